The van der Waals surface area contributed by atoms with Gasteiger partial charge >= 0.3 is 0 Å². The fourth-order valence-electron chi connectivity index (χ4n) is 1.99. The monoisotopic (exact) mass is 319 g/mol. The molecule has 0 atom stereocenters. The number of carbonyl (C=O) groups is 2. The number of halogens is 1. The van der Waals surface area contributed by atoms with Gasteiger partial charge in [-0.2, -0.15) is 0 Å². The third-order valence-corrected chi connectivity index (χ3v) is 4.05. The maximum absolute atomic E-state index is 11.5. The number of rotatable bonds is 2. The molecule has 6 heteroatoms. The van der Waals surface area contributed by atoms with E-state index in [1.54, 1.807) is 12.1 Å². The van der Waals surface area contributed by atoms with Crippen molar-refractivity contribution < 1.29 is 14.0 Å². The zero-order valence-electron chi connectivity index (χ0n) is 11.0. The molecule has 21 heavy (non-hydrogen) atoms. The maximum Gasteiger partial charge on any atom is 0.290 e. The second kappa shape index (κ2) is 5.42. The second-order valence-electron chi connectivity index (χ2n) is 4.51. The number of hydrogen-bond donors (Lipinski definition) is 1. The molecule has 1 N–H and O–H groups in total. The molecular formula is C15H10ClNO3S. The van der Waals surface area contributed by atoms with Gasteiger partial charge in [0, 0.05) is 16.7 Å². The average molecular weight is 320 g/mol. The number of thioether (sulfide) groups is 1. The average Bonchev–Trinajstić information content (AvgIpc) is 3.00. The third kappa shape index (κ3) is 2.89. The van der Waals surface area contributed by atoms with E-state index in [1.165, 1.54) is 0 Å². The summed E-state index contributed by atoms with van der Waals surface area (Å²) in [6.45, 7) is 1.96. The largest absolute Gasteiger partial charge is 0.457 e. The molecule has 1 aromatic carbocycles. The van der Waals surface area contributed by atoms with Crippen LogP contribution >= 0.6 is 23.4 Å². The van der Waals surface area contributed by atoms with Crippen LogP contribution in [-0.2, 0) is 4.79 Å². The molecule has 2 aromatic rings. The zero-order chi connectivity index (χ0) is 15.0. The molecule has 1 aromatic heterocycles. The number of amides is 2. The first-order valence-electron chi connectivity index (χ1n) is 6.14. The SMILES string of the molecule is Cc1ccc(Cl)cc1-c1ccc(C=C2SC(=O)NC2=O)o1. The Balaban J connectivity index is 1.94. The van der Waals surface area contributed by atoms with Gasteiger partial charge in [0.15, 0.2) is 0 Å². The lowest BCUT2D eigenvalue weighted by atomic mass is 10.1. The minimum absolute atomic E-state index is 0.323. The molecule has 1 aliphatic rings. The van der Waals surface area contributed by atoms with E-state index in [2.05, 4.69) is 5.32 Å². The summed E-state index contributed by atoms with van der Waals surface area (Å²) in [6, 6.07) is 9.12. The topological polar surface area (TPSA) is 59.3 Å². The number of imide groups is 1. The molecule has 3 rings (SSSR count). The lowest BCUT2D eigenvalue weighted by Gasteiger charge is -2.02. The van der Waals surface area contributed by atoms with E-state index in [4.69, 9.17) is 16.0 Å². The summed E-state index contributed by atoms with van der Waals surface area (Å²) < 4.78 is 5.71. The molecule has 1 aliphatic heterocycles. The van der Waals surface area contributed by atoms with Crippen LogP contribution in [0, 0.1) is 6.92 Å². The van der Waals surface area contributed by atoms with Gasteiger partial charge in [0.1, 0.15) is 11.5 Å². The van der Waals surface area contributed by atoms with E-state index >= 15 is 0 Å². The summed E-state index contributed by atoms with van der Waals surface area (Å²) in [4.78, 5) is 22.9. The molecular weight excluding hydrogens is 310 g/mol. The fourth-order valence-corrected chi connectivity index (χ4v) is 2.82. The molecule has 2 heterocycles. The molecule has 106 valence electrons. The fraction of sp³-hybridized carbons (Fsp3) is 0.0667. The van der Waals surface area contributed by atoms with Crippen LogP contribution in [0.5, 0.6) is 0 Å². The molecule has 1 saturated heterocycles. The van der Waals surface area contributed by atoms with Crippen molar-refractivity contribution in [1.29, 1.82) is 0 Å². The van der Waals surface area contributed by atoms with E-state index in [0.29, 0.717) is 21.4 Å². The molecule has 0 saturated carbocycles. The molecule has 0 radical (unpaired) electrons. The van der Waals surface area contributed by atoms with Crippen molar-refractivity contribution in [2.24, 2.45) is 0 Å². The first-order valence-corrected chi connectivity index (χ1v) is 7.33. The maximum atomic E-state index is 11.5. The zero-order valence-corrected chi connectivity index (χ0v) is 12.5. The normalized spacial score (nSPS) is 16.6. The Morgan fingerprint density at radius 3 is 2.76 bits per heavy atom. The smallest absolute Gasteiger partial charge is 0.290 e. The summed E-state index contributed by atoms with van der Waals surface area (Å²) in [5, 5.41) is 2.46. The Morgan fingerprint density at radius 1 is 1.24 bits per heavy atom. The van der Waals surface area contributed by atoms with Crippen LogP contribution in [0.4, 0.5) is 4.79 Å². The highest BCUT2D eigenvalue weighted by molar-refractivity contribution is 8.18. The summed E-state index contributed by atoms with van der Waals surface area (Å²) in [5.74, 6) is 0.773. The van der Waals surface area contributed by atoms with Crippen LogP contribution < -0.4 is 5.32 Å². The van der Waals surface area contributed by atoms with Crippen LogP contribution in [-0.4, -0.2) is 11.1 Å². The summed E-state index contributed by atoms with van der Waals surface area (Å²) in [6.07, 6.45) is 1.55. The molecule has 4 nitrogen and oxygen atoms in total. The molecule has 0 aliphatic carbocycles. The van der Waals surface area contributed by atoms with Crippen molar-refractivity contribution >= 4 is 40.6 Å². The highest BCUT2D eigenvalue weighted by atomic mass is 35.5. The van der Waals surface area contributed by atoms with E-state index in [9.17, 15) is 9.59 Å². The molecule has 1 fully saturated rings. The standard InChI is InChI=1S/C15H10ClNO3S/c1-8-2-3-9(16)6-11(8)12-5-4-10(20-12)7-13-14(18)17-15(19)21-13/h2-7H,1H3,(H,17,18,19). The predicted octanol–water partition coefficient (Wildman–Crippen LogP) is 4.23. The Morgan fingerprint density at radius 2 is 2.05 bits per heavy atom. The number of aryl methyl sites for hydroxylation is 1. The molecule has 0 bridgehead atoms. The van der Waals surface area contributed by atoms with E-state index in [0.717, 1.165) is 22.9 Å². The molecule has 0 spiro atoms. The van der Waals surface area contributed by atoms with Crippen molar-refractivity contribution in [3.05, 3.63) is 51.6 Å². The number of carbonyl (C=O) groups excluding carboxylic acids is 2. The lowest BCUT2D eigenvalue weighted by molar-refractivity contribution is -0.115. The first-order chi connectivity index (χ1) is 10.0. The van der Waals surface area contributed by atoms with E-state index < -0.39 is 5.91 Å². The van der Waals surface area contributed by atoms with Crippen LogP contribution in [0.25, 0.3) is 17.4 Å². The van der Waals surface area contributed by atoms with Gasteiger partial charge in [-0.05, 0) is 48.5 Å². The summed E-state index contributed by atoms with van der Waals surface area (Å²) in [7, 11) is 0. The van der Waals surface area contributed by atoms with Gasteiger partial charge in [-0.3, -0.25) is 14.9 Å². The van der Waals surface area contributed by atoms with E-state index in [-0.39, 0.29) is 5.24 Å². The Kier molecular flexibility index (Phi) is 3.61. The highest BCUT2D eigenvalue weighted by Crippen LogP contribution is 2.31. The van der Waals surface area contributed by atoms with Crippen molar-refractivity contribution in [2.45, 2.75) is 6.92 Å². The Bertz CT molecular complexity index is 779. The van der Waals surface area contributed by atoms with Gasteiger partial charge < -0.3 is 4.42 Å². The lowest BCUT2D eigenvalue weighted by Crippen LogP contribution is -2.17. The van der Waals surface area contributed by atoms with Gasteiger partial charge in [-0.15, -0.1) is 0 Å². The van der Waals surface area contributed by atoms with Gasteiger partial charge in [-0.1, -0.05) is 17.7 Å². The van der Waals surface area contributed by atoms with Gasteiger partial charge in [0.25, 0.3) is 11.1 Å². The van der Waals surface area contributed by atoms with Crippen molar-refractivity contribution in [2.75, 3.05) is 0 Å². The highest BCUT2D eigenvalue weighted by Gasteiger charge is 2.25. The van der Waals surface area contributed by atoms with Crippen LogP contribution in [0.1, 0.15) is 11.3 Å². The van der Waals surface area contributed by atoms with Gasteiger partial charge in [0.05, 0.1) is 4.91 Å². The van der Waals surface area contributed by atoms with Crippen LogP contribution in [0.2, 0.25) is 5.02 Å². The number of furan rings is 1. The quantitative estimate of drug-likeness (QED) is 0.841. The summed E-state index contributed by atoms with van der Waals surface area (Å²) >= 11 is 6.86. The molecule has 2 amide bonds. The van der Waals surface area contributed by atoms with Crippen molar-refractivity contribution in [3.8, 4) is 11.3 Å². The van der Waals surface area contributed by atoms with Crippen LogP contribution in [0.15, 0.2) is 39.7 Å². The Hall–Kier alpha value is -1.98. The third-order valence-electron chi connectivity index (χ3n) is 3.01. The van der Waals surface area contributed by atoms with Gasteiger partial charge in [-0.25, -0.2) is 0 Å². The van der Waals surface area contributed by atoms with Crippen molar-refractivity contribution in [3.63, 3.8) is 0 Å². The second-order valence-corrected chi connectivity index (χ2v) is 5.96. The number of nitrogens with one attached hydrogen (secondary N) is 1. The van der Waals surface area contributed by atoms with E-state index in [1.807, 2.05) is 31.2 Å². The number of benzene rings is 1. The predicted molar refractivity (Wildman–Crippen MR) is 83.0 cm³/mol. The minimum atomic E-state index is -0.401. The molecule has 0 unspecified atom stereocenters. The first kappa shape index (κ1) is 14.0. The van der Waals surface area contributed by atoms with Gasteiger partial charge in [0.2, 0.25) is 0 Å². The minimum Gasteiger partial charge on any atom is -0.457 e. The summed E-state index contributed by atoms with van der Waals surface area (Å²) in [5.41, 5.74) is 1.93. The van der Waals surface area contributed by atoms with Crippen LogP contribution in [0.3, 0.4) is 0 Å². The Labute approximate surface area is 130 Å². The van der Waals surface area contributed by atoms with Crippen molar-refractivity contribution in [1.82, 2.24) is 5.32 Å². The number of hydrogen-bond acceptors (Lipinski definition) is 4.